The van der Waals surface area contributed by atoms with E-state index in [9.17, 15) is 0 Å². The molecule has 2 rings (SSSR count). The van der Waals surface area contributed by atoms with Crippen molar-refractivity contribution in [2.75, 3.05) is 0 Å². The van der Waals surface area contributed by atoms with E-state index in [2.05, 4.69) is 48.5 Å². The Kier molecular flexibility index (Phi) is 219. The van der Waals surface area contributed by atoms with Crippen LogP contribution in [0.1, 0.15) is 0 Å². The fraction of sp³-hybridized carbons (Fsp3) is 0. The molecule has 21 heavy (non-hydrogen) atoms. The van der Waals surface area contributed by atoms with Gasteiger partial charge in [0.15, 0.2) is 0 Å². The van der Waals surface area contributed by atoms with E-state index in [1.165, 1.54) is 0 Å². The average molecular weight is 293 g/mol. The summed E-state index contributed by atoms with van der Waals surface area (Å²) >= 11 is 0. The van der Waals surface area contributed by atoms with Crippen molar-refractivity contribution < 1.29 is 208 Å². The minimum absolute atomic E-state index is 0. The third-order valence-corrected chi connectivity index (χ3v) is 0.702. The molecule has 0 aliphatic rings. The molecular weight excluding hydrogens is 291 g/mol. The van der Waals surface area contributed by atoms with Crippen molar-refractivity contribution in [3.8, 4) is 0 Å². The van der Waals surface area contributed by atoms with Crippen LogP contribution >= 0.6 is 0 Å². The van der Waals surface area contributed by atoms with Gasteiger partial charge in [0.1, 0.15) is 0 Å². The Bertz CT molecular complexity index is 165. The molecule has 0 saturated heterocycles. The first-order chi connectivity index (χ1) is 5.00. The summed E-state index contributed by atoms with van der Waals surface area (Å²) in [6.07, 6.45) is 0. The molecule has 0 saturated carbocycles. The molecule has 0 N–H and O–H groups in total. The molecule has 0 heterocycles. The second kappa shape index (κ2) is 63.8. The van der Waals surface area contributed by atoms with Crippen molar-refractivity contribution in [1.82, 2.24) is 0 Å². The van der Waals surface area contributed by atoms with Gasteiger partial charge in [-0.15, -0.1) is 0 Å². The van der Waals surface area contributed by atoms with Gasteiger partial charge in [-0.1, -0.05) is 0 Å². The van der Waals surface area contributed by atoms with Crippen molar-refractivity contribution in [2.24, 2.45) is 0 Å². The molecule has 2 aromatic carbocycles. The molecule has 0 bridgehead atoms. The first-order valence-corrected chi connectivity index (χ1v) is 2.65. The predicted molar refractivity (Wildman–Crippen MR) is 34.8 cm³/mol. The molecule has 0 radical (unpaired) electrons. The maximum absolute atomic E-state index is 2.62. The van der Waals surface area contributed by atoms with E-state index in [-0.39, 0.29) is 208 Å². The molecular formula is C10H2Li10Ru. The monoisotopic (exact) mass is 294 g/mol. The average Bonchev–Trinajstić information content (AvgIpc) is 2.67. The predicted octanol–water partition coefficient (Wildman–Crippen LogP) is -28.7. The molecule has 2 aromatic rings. The topological polar surface area (TPSA) is 0 Å². The number of rotatable bonds is 0. The van der Waals surface area contributed by atoms with Crippen LogP contribution in [0.15, 0.2) is 12.1 Å². The molecule has 0 spiro atoms. The molecule has 0 nitrogen and oxygen atoms in total. The maximum Gasteiger partial charge on any atom is 1.00 e. The summed E-state index contributed by atoms with van der Waals surface area (Å²) < 4.78 is 0. The zero-order chi connectivity index (χ0) is 7.07. The Hall–Kier alpha value is 5.30. The molecule has 0 fully saturated rings. The van der Waals surface area contributed by atoms with Crippen LogP contribution < -0.4 is 189 Å². The molecule has 0 aliphatic carbocycles. The SMILES string of the molecule is [Li+].[Li+].[Li+].[Li+].[Li+].[Li+].[Li+].[Li+].[Li+].[Li+].[Ru].[c-]1[c-][c-][cH-][c-]1.[c-]1[c-][c-][cH-][c-]1. The second-order valence-electron chi connectivity index (χ2n) is 1.37. The Morgan fingerprint density at radius 1 is 0.333 bits per heavy atom. The fourth-order valence-electron chi connectivity index (χ4n) is 0.361. The van der Waals surface area contributed by atoms with Gasteiger partial charge >= 0.3 is 189 Å². The van der Waals surface area contributed by atoms with Crippen LogP contribution in [-0.2, 0) is 19.5 Å². The fourth-order valence-corrected chi connectivity index (χ4v) is 0.361. The summed E-state index contributed by atoms with van der Waals surface area (Å²) in [7, 11) is 0. The van der Waals surface area contributed by atoms with Gasteiger partial charge in [0, 0.05) is 19.5 Å². The van der Waals surface area contributed by atoms with Gasteiger partial charge in [0.05, 0.1) is 0 Å². The zero-order valence-corrected chi connectivity index (χ0v) is 17.2. The Morgan fingerprint density at radius 2 is 0.476 bits per heavy atom. The van der Waals surface area contributed by atoms with Crippen LogP contribution in [-0.4, -0.2) is 0 Å². The van der Waals surface area contributed by atoms with Crippen molar-refractivity contribution in [3.05, 3.63) is 60.7 Å². The van der Waals surface area contributed by atoms with Gasteiger partial charge in [-0.05, 0) is 0 Å². The van der Waals surface area contributed by atoms with Crippen molar-refractivity contribution in [2.45, 2.75) is 0 Å². The molecule has 0 unspecified atom stereocenters. The molecule has 0 aliphatic heterocycles. The van der Waals surface area contributed by atoms with E-state index in [0.717, 1.165) is 0 Å². The normalized spacial score (nSPS) is 3.81. The Morgan fingerprint density at radius 3 is 0.524 bits per heavy atom. The van der Waals surface area contributed by atoms with Gasteiger partial charge in [0.25, 0.3) is 0 Å². The van der Waals surface area contributed by atoms with Crippen molar-refractivity contribution >= 4 is 0 Å². The van der Waals surface area contributed by atoms with Crippen LogP contribution in [0.2, 0.25) is 0 Å². The summed E-state index contributed by atoms with van der Waals surface area (Å²) in [6.45, 7) is 0. The third-order valence-electron chi connectivity index (χ3n) is 0.702. The molecule has 0 atom stereocenters. The standard InChI is InChI=1S/2C5H.10Li.Ru/c2*1-2-4-5-3-1;;;;;;;;;;;/h2*1H;;;;;;;;;;;/q2*-5;10*+1;. The van der Waals surface area contributed by atoms with E-state index in [1.807, 2.05) is 0 Å². The number of hydrogen-bond acceptors (Lipinski definition) is 0. The van der Waals surface area contributed by atoms with E-state index in [1.54, 1.807) is 12.1 Å². The summed E-state index contributed by atoms with van der Waals surface area (Å²) in [5.41, 5.74) is 0. The summed E-state index contributed by atoms with van der Waals surface area (Å²) in [5.74, 6) is 0. The van der Waals surface area contributed by atoms with Crippen molar-refractivity contribution in [1.29, 1.82) is 0 Å². The van der Waals surface area contributed by atoms with Gasteiger partial charge in [-0.3, -0.25) is 0 Å². The Balaban J connectivity index is -0.00000000694. The Labute approximate surface area is 263 Å². The first-order valence-electron chi connectivity index (χ1n) is 2.65. The number of hydrogen-bond donors (Lipinski definition) is 0. The van der Waals surface area contributed by atoms with Gasteiger partial charge in [-0.2, -0.15) is 0 Å². The minimum Gasteiger partial charge on any atom is -0.999 e. The summed E-state index contributed by atoms with van der Waals surface area (Å²) in [4.78, 5) is 0. The van der Waals surface area contributed by atoms with Crippen molar-refractivity contribution in [3.63, 3.8) is 0 Å². The van der Waals surface area contributed by atoms with Crippen LogP contribution in [0, 0.1) is 48.5 Å². The first kappa shape index (κ1) is 71.9. The van der Waals surface area contributed by atoms with Crippen LogP contribution in [0.3, 0.4) is 0 Å². The summed E-state index contributed by atoms with van der Waals surface area (Å²) in [5, 5.41) is 0. The molecule has 11 heteroatoms. The van der Waals surface area contributed by atoms with Crippen LogP contribution in [0.5, 0.6) is 0 Å². The van der Waals surface area contributed by atoms with Gasteiger partial charge in [0.2, 0.25) is 0 Å². The maximum atomic E-state index is 2.62. The van der Waals surface area contributed by atoms with Gasteiger partial charge < -0.3 is 60.7 Å². The van der Waals surface area contributed by atoms with E-state index >= 15 is 0 Å². The van der Waals surface area contributed by atoms with Gasteiger partial charge in [-0.25, -0.2) is 0 Å². The smallest absolute Gasteiger partial charge is 0.999 e. The zero-order valence-electron chi connectivity index (χ0n) is 15.5. The third kappa shape index (κ3) is 58.7. The van der Waals surface area contributed by atoms with E-state index in [4.69, 9.17) is 0 Å². The minimum atomic E-state index is 0. The molecule has 0 aromatic heterocycles. The largest absolute Gasteiger partial charge is 1.00 e. The second-order valence-corrected chi connectivity index (χ2v) is 1.37. The van der Waals surface area contributed by atoms with E-state index in [0.29, 0.717) is 0 Å². The molecule has 0 amide bonds. The quantitative estimate of drug-likeness (QED) is 0.334. The van der Waals surface area contributed by atoms with E-state index < -0.39 is 0 Å². The van der Waals surface area contributed by atoms with Crippen LogP contribution in [0.4, 0.5) is 0 Å². The van der Waals surface area contributed by atoms with Crippen LogP contribution in [0.25, 0.3) is 0 Å². The molecule has 60 valence electrons. The summed E-state index contributed by atoms with van der Waals surface area (Å²) in [6, 6.07) is 24.0.